The number of rotatable bonds is 0. The molecule has 0 unspecified atom stereocenters. The van der Waals surface area contributed by atoms with E-state index in [2.05, 4.69) is 9.97 Å². The number of aromatic nitrogens is 2. The van der Waals surface area contributed by atoms with E-state index < -0.39 is 0 Å². The molecule has 0 radical (unpaired) electrons. The smallest absolute Gasteiger partial charge is 0.198 e. The second kappa shape index (κ2) is 5.73. The van der Waals surface area contributed by atoms with Crippen LogP contribution in [0.2, 0.25) is 15.1 Å². The van der Waals surface area contributed by atoms with Gasteiger partial charge in [-0.1, -0.05) is 46.9 Å². The fourth-order valence-corrected chi connectivity index (χ4v) is 4.15. The van der Waals surface area contributed by atoms with E-state index in [-0.39, 0.29) is 31.3 Å². The van der Waals surface area contributed by atoms with Crippen LogP contribution in [0.5, 0.6) is 0 Å². The van der Waals surface area contributed by atoms with Crippen LogP contribution in [-0.4, -0.2) is 9.97 Å². The molecule has 0 aliphatic carbocycles. The van der Waals surface area contributed by atoms with Gasteiger partial charge in [0.25, 0.3) is 0 Å². The Morgan fingerprint density at radius 1 is 0.630 bits per heavy atom. The maximum Gasteiger partial charge on any atom is 0.198 e. The number of pyridine rings is 2. The Kier molecular flexibility index (Phi) is 3.53. The molecule has 0 fully saturated rings. The normalized spacial score (nSPS) is 11.8. The standard InChI is InChI=1S/C20H9Cl3N2O2/c21-11-7-15-16(18(23)17(11)22)20(27)10-6-13-9(5-14(10)25-15)19(26)8-3-1-2-4-12(8)24-13/h1-7H,(H,24,26)(H,25,27). The lowest BCUT2D eigenvalue weighted by Crippen LogP contribution is -2.08. The predicted molar refractivity (Wildman–Crippen MR) is 113 cm³/mol. The molecule has 0 aliphatic heterocycles. The number of benzene rings is 3. The highest BCUT2D eigenvalue weighted by molar-refractivity contribution is 6.50. The van der Waals surface area contributed by atoms with Gasteiger partial charge < -0.3 is 9.97 Å². The van der Waals surface area contributed by atoms with Crippen LogP contribution in [-0.2, 0) is 0 Å². The van der Waals surface area contributed by atoms with Crippen LogP contribution in [0.1, 0.15) is 0 Å². The van der Waals surface area contributed by atoms with Crippen LogP contribution in [0.25, 0.3) is 43.6 Å². The number of halogens is 3. The second-order valence-corrected chi connectivity index (χ2v) is 7.47. The number of hydrogen-bond donors (Lipinski definition) is 2. The maximum atomic E-state index is 13.1. The largest absolute Gasteiger partial charge is 0.354 e. The average molecular weight is 416 g/mol. The summed E-state index contributed by atoms with van der Waals surface area (Å²) in [5.41, 5.74) is 1.89. The molecular formula is C20H9Cl3N2O2. The van der Waals surface area contributed by atoms with Crippen molar-refractivity contribution < 1.29 is 0 Å². The minimum absolute atomic E-state index is 0.102. The van der Waals surface area contributed by atoms with E-state index in [9.17, 15) is 9.59 Å². The molecule has 27 heavy (non-hydrogen) atoms. The van der Waals surface area contributed by atoms with Gasteiger partial charge in [0.2, 0.25) is 0 Å². The zero-order valence-electron chi connectivity index (χ0n) is 13.5. The molecule has 0 spiro atoms. The first-order valence-electron chi connectivity index (χ1n) is 8.03. The molecule has 0 amide bonds. The Morgan fingerprint density at radius 2 is 1.26 bits per heavy atom. The molecule has 5 rings (SSSR count). The molecule has 2 aromatic heterocycles. The van der Waals surface area contributed by atoms with Crippen molar-refractivity contribution in [2.75, 3.05) is 0 Å². The van der Waals surface area contributed by atoms with E-state index in [1.165, 1.54) is 0 Å². The summed E-state index contributed by atoms with van der Waals surface area (Å²) in [5.74, 6) is 0. The van der Waals surface area contributed by atoms with Crippen LogP contribution in [0, 0.1) is 0 Å². The summed E-state index contributed by atoms with van der Waals surface area (Å²) in [6, 6.07) is 12.1. The summed E-state index contributed by atoms with van der Waals surface area (Å²) in [7, 11) is 0. The van der Waals surface area contributed by atoms with Crippen LogP contribution >= 0.6 is 34.8 Å². The first-order chi connectivity index (χ1) is 13.0. The summed E-state index contributed by atoms with van der Waals surface area (Å²) < 4.78 is 0. The van der Waals surface area contributed by atoms with Gasteiger partial charge in [0.15, 0.2) is 10.9 Å². The van der Waals surface area contributed by atoms with Crippen LogP contribution in [0.3, 0.4) is 0 Å². The highest BCUT2D eigenvalue weighted by Gasteiger charge is 2.16. The molecule has 5 aromatic rings. The zero-order chi connectivity index (χ0) is 18.9. The van der Waals surface area contributed by atoms with Gasteiger partial charge >= 0.3 is 0 Å². The quantitative estimate of drug-likeness (QED) is 0.254. The lowest BCUT2D eigenvalue weighted by atomic mass is 10.1. The molecule has 0 aliphatic rings. The minimum atomic E-state index is -0.279. The van der Waals surface area contributed by atoms with Crippen LogP contribution < -0.4 is 10.9 Å². The summed E-state index contributed by atoms with van der Waals surface area (Å²) >= 11 is 18.4. The zero-order valence-corrected chi connectivity index (χ0v) is 15.8. The van der Waals surface area contributed by atoms with E-state index >= 15 is 0 Å². The molecule has 7 heteroatoms. The average Bonchev–Trinajstić information content (AvgIpc) is 2.66. The second-order valence-electron chi connectivity index (χ2n) is 6.31. The highest BCUT2D eigenvalue weighted by Crippen LogP contribution is 2.35. The summed E-state index contributed by atoms with van der Waals surface area (Å²) in [6.45, 7) is 0. The summed E-state index contributed by atoms with van der Waals surface area (Å²) in [5, 5.41) is 2.23. The molecule has 132 valence electrons. The first kappa shape index (κ1) is 16.6. The van der Waals surface area contributed by atoms with E-state index in [4.69, 9.17) is 34.8 Å². The number of H-pyrrole nitrogens is 2. The Hall–Kier alpha value is -2.53. The van der Waals surface area contributed by atoms with Crippen molar-refractivity contribution in [2.24, 2.45) is 0 Å². The highest BCUT2D eigenvalue weighted by atomic mass is 35.5. The number of nitrogens with one attached hydrogen (secondary N) is 2. The molecule has 0 atom stereocenters. The summed E-state index contributed by atoms with van der Waals surface area (Å²) in [4.78, 5) is 32.3. The van der Waals surface area contributed by atoms with Gasteiger partial charge in [-0.15, -0.1) is 0 Å². The van der Waals surface area contributed by atoms with Crippen molar-refractivity contribution in [2.45, 2.75) is 0 Å². The van der Waals surface area contributed by atoms with Gasteiger partial charge in [0, 0.05) is 21.7 Å². The molecule has 2 N–H and O–H groups in total. The van der Waals surface area contributed by atoms with Crippen molar-refractivity contribution >= 4 is 78.4 Å². The maximum absolute atomic E-state index is 13.1. The van der Waals surface area contributed by atoms with Gasteiger partial charge in [0.05, 0.1) is 37.0 Å². The topological polar surface area (TPSA) is 65.7 Å². The third kappa shape index (κ3) is 2.31. The SMILES string of the molecule is O=c1c2ccccc2[nH]c2cc3c(=O)c4c(Cl)c(Cl)c(Cl)cc4[nH]c3cc12. The van der Waals surface area contributed by atoms with E-state index in [0.29, 0.717) is 38.2 Å². The van der Waals surface area contributed by atoms with E-state index in [0.717, 1.165) is 0 Å². The molecule has 0 bridgehead atoms. The van der Waals surface area contributed by atoms with Crippen molar-refractivity contribution in [1.29, 1.82) is 0 Å². The van der Waals surface area contributed by atoms with Gasteiger partial charge in [-0.2, -0.15) is 0 Å². The first-order valence-corrected chi connectivity index (χ1v) is 9.17. The summed E-state index contributed by atoms with van der Waals surface area (Å²) in [6.07, 6.45) is 0. The molecule has 3 aromatic carbocycles. The van der Waals surface area contributed by atoms with Crippen molar-refractivity contribution in [3.8, 4) is 0 Å². The van der Waals surface area contributed by atoms with Crippen LogP contribution in [0.4, 0.5) is 0 Å². The Morgan fingerprint density at radius 3 is 2.00 bits per heavy atom. The molecule has 4 nitrogen and oxygen atoms in total. The lowest BCUT2D eigenvalue weighted by molar-refractivity contribution is 1.46. The van der Waals surface area contributed by atoms with Gasteiger partial charge in [-0.05, 0) is 30.3 Å². The third-order valence-electron chi connectivity index (χ3n) is 4.75. The van der Waals surface area contributed by atoms with Crippen molar-refractivity contribution in [1.82, 2.24) is 9.97 Å². The number of hydrogen-bond acceptors (Lipinski definition) is 2. The fourth-order valence-electron chi connectivity index (χ4n) is 3.46. The lowest BCUT2D eigenvalue weighted by Gasteiger charge is -2.09. The Labute approximate surface area is 166 Å². The minimum Gasteiger partial charge on any atom is -0.354 e. The monoisotopic (exact) mass is 414 g/mol. The Bertz CT molecular complexity index is 1550. The number of fused-ring (bicyclic) bond motifs is 4. The molecule has 0 saturated heterocycles. The van der Waals surface area contributed by atoms with Gasteiger partial charge in [0.1, 0.15) is 0 Å². The fraction of sp³-hybridized carbons (Fsp3) is 0. The van der Waals surface area contributed by atoms with Crippen LogP contribution in [0.15, 0.2) is 52.1 Å². The predicted octanol–water partition coefficient (Wildman–Crippen LogP) is 5.64. The van der Waals surface area contributed by atoms with E-state index in [1.54, 1.807) is 24.3 Å². The van der Waals surface area contributed by atoms with Crippen molar-refractivity contribution in [3.05, 3.63) is 78.0 Å². The van der Waals surface area contributed by atoms with E-state index in [1.807, 2.05) is 18.2 Å². The van der Waals surface area contributed by atoms with Gasteiger partial charge in [-0.3, -0.25) is 9.59 Å². The van der Waals surface area contributed by atoms with Crippen molar-refractivity contribution in [3.63, 3.8) is 0 Å². The molecular weight excluding hydrogens is 407 g/mol. The van der Waals surface area contributed by atoms with Gasteiger partial charge in [-0.25, -0.2) is 0 Å². The number of aromatic amines is 2. The third-order valence-corrected chi connectivity index (χ3v) is 6.01. The molecule has 2 heterocycles. The molecule has 0 saturated carbocycles. The Balaban J connectivity index is 2.03. The number of para-hydroxylation sites is 1.